The van der Waals surface area contributed by atoms with E-state index in [0.29, 0.717) is 23.8 Å². The van der Waals surface area contributed by atoms with E-state index in [9.17, 15) is 9.90 Å². The summed E-state index contributed by atoms with van der Waals surface area (Å²) in [5, 5.41) is 9.64. The van der Waals surface area contributed by atoms with E-state index in [1.54, 1.807) is 18.2 Å². The number of piperidine rings is 1. The van der Waals surface area contributed by atoms with E-state index >= 15 is 0 Å². The van der Waals surface area contributed by atoms with Gasteiger partial charge in [-0.2, -0.15) is 0 Å². The number of aromatic nitrogens is 2. The smallest absolute Gasteiger partial charge is 0.262 e. The first-order chi connectivity index (χ1) is 12.2. The summed E-state index contributed by atoms with van der Waals surface area (Å²) in [6, 6.07) is 7.43. The highest BCUT2D eigenvalue weighted by atomic mass is 16.5. The SMILES string of the molecule is COc1cccc(N2Cc3nc(N4CCC(O)CC4)ncc3C2=O)c1. The molecule has 0 atom stereocenters. The molecule has 7 heteroatoms. The molecule has 1 aromatic carbocycles. The van der Waals surface area contributed by atoms with Gasteiger partial charge in [-0.15, -0.1) is 0 Å². The summed E-state index contributed by atoms with van der Waals surface area (Å²) in [4.78, 5) is 25.4. The van der Waals surface area contributed by atoms with Crippen LogP contribution in [0.4, 0.5) is 11.6 Å². The molecule has 1 fully saturated rings. The molecule has 2 aliphatic heterocycles. The maximum Gasteiger partial charge on any atom is 0.262 e. The third-order valence-electron chi connectivity index (χ3n) is 4.75. The Morgan fingerprint density at radius 2 is 2.08 bits per heavy atom. The van der Waals surface area contributed by atoms with Gasteiger partial charge in [0.25, 0.3) is 5.91 Å². The van der Waals surface area contributed by atoms with Crippen molar-refractivity contribution in [2.45, 2.75) is 25.5 Å². The number of rotatable bonds is 3. The molecule has 0 spiro atoms. The lowest BCUT2D eigenvalue weighted by molar-refractivity contribution is 0.0996. The van der Waals surface area contributed by atoms with Crippen molar-refractivity contribution in [3.63, 3.8) is 0 Å². The van der Waals surface area contributed by atoms with Crippen LogP contribution in [-0.2, 0) is 6.54 Å². The molecule has 3 heterocycles. The van der Waals surface area contributed by atoms with Crippen LogP contribution in [-0.4, -0.2) is 47.3 Å². The zero-order valence-electron chi connectivity index (χ0n) is 14.1. The van der Waals surface area contributed by atoms with Crippen molar-refractivity contribution in [1.82, 2.24) is 9.97 Å². The van der Waals surface area contributed by atoms with Crippen LogP contribution in [0.3, 0.4) is 0 Å². The van der Waals surface area contributed by atoms with Gasteiger partial charge in [0.05, 0.1) is 31.0 Å². The molecule has 0 unspecified atom stereocenters. The van der Waals surface area contributed by atoms with Crippen LogP contribution in [0, 0.1) is 0 Å². The van der Waals surface area contributed by atoms with E-state index in [0.717, 1.165) is 37.3 Å². The molecule has 2 aromatic rings. The molecular formula is C18H20N4O3. The van der Waals surface area contributed by atoms with E-state index in [1.807, 2.05) is 24.3 Å². The van der Waals surface area contributed by atoms with Crippen molar-refractivity contribution in [3.8, 4) is 5.75 Å². The highest BCUT2D eigenvalue weighted by Crippen LogP contribution is 2.30. The Morgan fingerprint density at radius 1 is 1.28 bits per heavy atom. The number of carbonyl (C=O) groups excluding carboxylic acids is 1. The second-order valence-corrected chi connectivity index (χ2v) is 6.34. The summed E-state index contributed by atoms with van der Waals surface area (Å²) >= 11 is 0. The normalized spacial score (nSPS) is 17.8. The number of methoxy groups -OCH3 is 1. The summed E-state index contributed by atoms with van der Waals surface area (Å²) in [5.41, 5.74) is 2.07. The summed E-state index contributed by atoms with van der Waals surface area (Å²) in [7, 11) is 1.60. The van der Waals surface area contributed by atoms with Gasteiger partial charge >= 0.3 is 0 Å². The van der Waals surface area contributed by atoms with Gasteiger partial charge in [-0.1, -0.05) is 6.07 Å². The van der Waals surface area contributed by atoms with Crippen LogP contribution in [0.2, 0.25) is 0 Å². The Balaban J connectivity index is 1.58. The lowest BCUT2D eigenvalue weighted by Crippen LogP contribution is -2.37. The Bertz CT molecular complexity index is 803. The van der Waals surface area contributed by atoms with E-state index in [2.05, 4.69) is 14.9 Å². The molecule has 25 heavy (non-hydrogen) atoms. The molecule has 130 valence electrons. The van der Waals surface area contributed by atoms with Gasteiger partial charge in [-0.3, -0.25) is 4.79 Å². The predicted octanol–water partition coefficient (Wildman–Crippen LogP) is 1.61. The highest BCUT2D eigenvalue weighted by molar-refractivity contribution is 6.09. The summed E-state index contributed by atoms with van der Waals surface area (Å²) < 4.78 is 5.24. The number of aliphatic hydroxyl groups excluding tert-OH is 1. The number of hydrogen-bond acceptors (Lipinski definition) is 6. The maximum atomic E-state index is 12.7. The average Bonchev–Trinajstić information content (AvgIpc) is 2.98. The number of ether oxygens (including phenoxy) is 1. The van der Waals surface area contributed by atoms with E-state index in [-0.39, 0.29) is 12.0 Å². The first-order valence-corrected chi connectivity index (χ1v) is 8.40. The zero-order valence-corrected chi connectivity index (χ0v) is 14.1. The molecule has 1 amide bonds. The number of nitrogens with zero attached hydrogens (tertiary/aromatic N) is 4. The second-order valence-electron chi connectivity index (χ2n) is 6.34. The number of aliphatic hydroxyl groups is 1. The van der Waals surface area contributed by atoms with Gasteiger partial charge in [-0.05, 0) is 25.0 Å². The van der Waals surface area contributed by atoms with Gasteiger partial charge in [-0.25, -0.2) is 9.97 Å². The molecule has 7 nitrogen and oxygen atoms in total. The maximum absolute atomic E-state index is 12.7. The minimum absolute atomic E-state index is 0.0936. The number of hydrogen-bond donors (Lipinski definition) is 1. The fourth-order valence-electron chi connectivity index (χ4n) is 3.28. The van der Waals surface area contributed by atoms with E-state index in [4.69, 9.17) is 4.74 Å². The van der Waals surface area contributed by atoms with E-state index < -0.39 is 0 Å². The molecule has 0 saturated carbocycles. The first-order valence-electron chi connectivity index (χ1n) is 8.40. The summed E-state index contributed by atoms with van der Waals surface area (Å²) in [6.07, 6.45) is 2.81. The molecule has 2 aliphatic rings. The molecular weight excluding hydrogens is 320 g/mol. The molecule has 4 rings (SSSR count). The largest absolute Gasteiger partial charge is 0.497 e. The van der Waals surface area contributed by atoms with Crippen LogP contribution in [0.1, 0.15) is 28.9 Å². The molecule has 0 radical (unpaired) electrons. The third-order valence-corrected chi connectivity index (χ3v) is 4.75. The van der Waals surface area contributed by atoms with Gasteiger partial charge < -0.3 is 19.6 Å². The Morgan fingerprint density at radius 3 is 2.84 bits per heavy atom. The molecule has 1 N–H and O–H groups in total. The predicted molar refractivity (Wildman–Crippen MR) is 93.0 cm³/mol. The molecule has 0 bridgehead atoms. The van der Waals surface area contributed by atoms with Crippen LogP contribution >= 0.6 is 0 Å². The summed E-state index contributed by atoms with van der Waals surface area (Å²) in [6.45, 7) is 1.88. The number of anilines is 2. The van der Waals surface area contributed by atoms with Crippen LogP contribution in [0.5, 0.6) is 5.75 Å². The van der Waals surface area contributed by atoms with Gasteiger partial charge in [0, 0.05) is 31.0 Å². The van der Waals surface area contributed by atoms with Gasteiger partial charge in [0.1, 0.15) is 5.75 Å². The van der Waals surface area contributed by atoms with Crippen LogP contribution in [0.25, 0.3) is 0 Å². The number of amides is 1. The minimum atomic E-state index is -0.240. The van der Waals surface area contributed by atoms with Crippen molar-refractivity contribution >= 4 is 17.5 Å². The number of benzene rings is 1. The monoisotopic (exact) mass is 340 g/mol. The second kappa shape index (κ2) is 6.33. The lowest BCUT2D eigenvalue weighted by atomic mass is 10.1. The minimum Gasteiger partial charge on any atom is -0.497 e. The fourth-order valence-corrected chi connectivity index (χ4v) is 3.28. The van der Waals surface area contributed by atoms with Crippen molar-refractivity contribution in [3.05, 3.63) is 41.7 Å². The van der Waals surface area contributed by atoms with Crippen molar-refractivity contribution in [2.24, 2.45) is 0 Å². The Labute approximate surface area is 145 Å². The first kappa shape index (κ1) is 15.8. The van der Waals surface area contributed by atoms with Gasteiger partial charge in [0.2, 0.25) is 5.95 Å². The Kier molecular flexibility index (Phi) is 4.01. The molecule has 1 aromatic heterocycles. The highest BCUT2D eigenvalue weighted by Gasteiger charge is 2.31. The van der Waals surface area contributed by atoms with Crippen molar-refractivity contribution < 1.29 is 14.6 Å². The molecule has 0 aliphatic carbocycles. The number of fused-ring (bicyclic) bond motifs is 1. The van der Waals surface area contributed by atoms with E-state index in [1.165, 1.54) is 0 Å². The average molecular weight is 340 g/mol. The zero-order chi connectivity index (χ0) is 17.4. The fraction of sp³-hybridized carbons (Fsp3) is 0.389. The third kappa shape index (κ3) is 2.91. The van der Waals surface area contributed by atoms with Crippen molar-refractivity contribution in [1.29, 1.82) is 0 Å². The standard InChI is InChI=1S/C18H20N4O3/c1-25-14-4-2-3-12(9-14)22-11-16-15(17(22)24)10-19-18(20-16)21-7-5-13(23)6-8-21/h2-4,9-10,13,23H,5-8,11H2,1H3. The molecule has 1 saturated heterocycles. The summed E-state index contributed by atoms with van der Waals surface area (Å²) in [5.74, 6) is 1.25. The van der Waals surface area contributed by atoms with Gasteiger partial charge in [0.15, 0.2) is 0 Å². The Hall–Kier alpha value is -2.67. The van der Waals surface area contributed by atoms with Crippen molar-refractivity contribution in [2.75, 3.05) is 30.0 Å². The van der Waals surface area contributed by atoms with Crippen LogP contribution < -0.4 is 14.5 Å². The topological polar surface area (TPSA) is 78.8 Å². The lowest BCUT2D eigenvalue weighted by Gasteiger charge is -2.29. The van der Waals surface area contributed by atoms with Crippen LogP contribution in [0.15, 0.2) is 30.5 Å². The quantitative estimate of drug-likeness (QED) is 0.914. The number of carbonyl (C=O) groups is 1.